The van der Waals surface area contributed by atoms with Gasteiger partial charge in [-0.1, -0.05) is 41.9 Å². The van der Waals surface area contributed by atoms with Crippen LogP contribution in [0.1, 0.15) is 11.1 Å². The molecule has 0 amide bonds. The Kier molecular flexibility index (Phi) is 3.90. The number of guanidine groups is 1. The van der Waals surface area contributed by atoms with Crippen molar-refractivity contribution in [2.75, 3.05) is 0 Å². The predicted molar refractivity (Wildman–Crippen MR) is 85.6 cm³/mol. The molecule has 1 aliphatic heterocycles. The molecular weight excluding hydrogens is 343 g/mol. The fourth-order valence-corrected chi connectivity index (χ4v) is 2.82. The second-order valence-corrected chi connectivity index (χ2v) is 5.67. The van der Waals surface area contributed by atoms with Crippen LogP contribution in [0.5, 0.6) is 0 Å². The van der Waals surface area contributed by atoms with Crippen LogP contribution in [0.25, 0.3) is 11.1 Å². The quantitative estimate of drug-likeness (QED) is 0.666. The Bertz CT molecular complexity index is 807. The summed E-state index contributed by atoms with van der Waals surface area (Å²) in [6.45, 7) is 0. The summed E-state index contributed by atoms with van der Waals surface area (Å²) >= 11 is 6.17. The lowest BCUT2D eigenvalue weighted by Crippen LogP contribution is -2.50. The number of halogens is 4. The molecule has 1 heterocycles. The highest BCUT2D eigenvalue weighted by Gasteiger charge is 2.39. The van der Waals surface area contributed by atoms with Crippen molar-refractivity contribution < 1.29 is 13.2 Å². The normalized spacial score (nSPS) is 20.6. The zero-order valence-corrected chi connectivity index (χ0v) is 12.9. The lowest BCUT2D eigenvalue weighted by Gasteiger charge is -2.24. The first-order valence-electron chi connectivity index (χ1n) is 6.85. The Morgan fingerprint density at radius 1 is 1.12 bits per heavy atom. The molecule has 2 aromatic carbocycles. The maximum absolute atomic E-state index is 13.6. The Labute approximate surface area is 140 Å². The van der Waals surface area contributed by atoms with Crippen molar-refractivity contribution in [1.82, 2.24) is 10.9 Å². The highest BCUT2D eigenvalue weighted by atomic mass is 35.5. The van der Waals surface area contributed by atoms with Crippen molar-refractivity contribution in [3.05, 3.63) is 58.6 Å². The molecule has 1 atom stereocenters. The molecule has 0 aliphatic carbocycles. The summed E-state index contributed by atoms with van der Waals surface area (Å²) in [5.74, 6) is -1.67. The van der Waals surface area contributed by atoms with Gasteiger partial charge in [0.25, 0.3) is 0 Å². The number of benzene rings is 2. The molecule has 126 valence electrons. The zero-order chi connectivity index (χ0) is 17.5. The number of nitrogens with zero attached hydrogens (tertiary/aromatic N) is 1. The Morgan fingerprint density at radius 3 is 2.33 bits per heavy atom. The summed E-state index contributed by atoms with van der Waals surface area (Å²) in [4.78, 5) is 3.88. The molecule has 6 N–H and O–H groups in total. The van der Waals surface area contributed by atoms with E-state index in [-0.39, 0.29) is 22.1 Å². The van der Waals surface area contributed by atoms with Gasteiger partial charge in [0, 0.05) is 16.1 Å². The topological polar surface area (TPSA) is 88.5 Å². The largest absolute Gasteiger partial charge is 0.417 e. The van der Waals surface area contributed by atoms with Gasteiger partial charge in [-0.05, 0) is 17.7 Å². The fraction of sp³-hybridized carbons (Fsp3) is 0.133. The first-order valence-corrected chi connectivity index (χ1v) is 7.22. The van der Waals surface area contributed by atoms with Crippen molar-refractivity contribution >= 4 is 17.6 Å². The molecule has 0 spiro atoms. The first-order chi connectivity index (χ1) is 11.2. The monoisotopic (exact) mass is 355 g/mol. The molecular formula is C15H13ClF3N5. The average Bonchev–Trinajstić information content (AvgIpc) is 2.87. The molecule has 1 unspecified atom stereocenters. The second kappa shape index (κ2) is 5.66. The van der Waals surface area contributed by atoms with E-state index in [1.165, 1.54) is 6.07 Å². The Balaban J connectivity index is 2.23. The SMILES string of the molecule is NC1=NC(N)(c2cc(Cl)c(-c3ccccc3)c(C(F)(F)F)c2)NN1. The van der Waals surface area contributed by atoms with E-state index in [0.29, 0.717) is 5.56 Å². The molecule has 0 saturated heterocycles. The number of hydrogen-bond acceptors (Lipinski definition) is 5. The van der Waals surface area contributed by atoms with Crippen LogP contribution in [0.15, 0.2) is 47.5 Å². The number of hydrogen-bond donors (Lipinski definition) is 4. The van der Waals surface area contributed by atoms with Gasteiger partial charge < -0.3 is 5.73 Å². The highest BCUT2D eigenvalue weighted by molar-refractivity contribution is 6.33. The van der Waals surface area contributed by atoms with Gasteiger partial charge in [-0.15, -0.1) is 0 Å². The molecule has 3 rings (SSSR count). The van der Waals surface area contributed by atoms with Gasteiger partial charge in [0.2, 0.25) is 11.7 Å². The highest BCUT2D eigenvalue weighted by Crippen LogP contribution is 2.43. The molecule has 0 saturated carbocycles. The number of aliphatic imine (C=N–C) groups is 1. The third kappa shape index (κ3) is 2.91. The summed E-state index contributed by atoms with van der Waals surface area (Å²) < 4.78 is 40.8. The van der Waals surface area contributed by atoms with Gasteiger partial charge in [-0.25, -0.2) is 4.99 Å². The van der Waals surface area contributed by atoms with E-state index in [9.17, 15) is 13.2 Å². The van der Waals surface area contributed by atoms with Gasteiger partial charge in [-0.2, -0.15) is 18.6 Å². The van der Waals surface area contributed by atoms with Gasteiger partial charge >= 0.3 is 6.18 Å². The van der Waals surface area contributed by atoms with Crippen molar-refractivity contribution in [2.45, 2.75) is 12.0 Å². The molecule has 0 fully saturated rings. The van der Waals surface area contributed by atoms with E-state index >= 15 is 0 Å². The molecule has 2 aromatic rings. The van der Waals surface area contributed by atoms with Crippen molar-refractivity contribution in [3.8, 4) is 11.1 Å². The lowest BCUT2D eigenvalue weighted by atomic mass is 9.95. The molecule has 0 radical (unpaired) electrons. The number of nitrogens with two attached hydrogens (primary N) is 2. The van der Waals surface area contributed by atoms with Gasteiger partial charge in [0.15, 0.2) is 0 Å². The lowest BCUT2D eigenvalue weighted by molar-refractivity contribution is -0.137. The molecule has 1 aliphatic rings. The summed E-state index contributed by atoms with van der Waals surface area (Å²) in [6, 6.07) is 10.4. The number of nitrogens with one attached hydrogen (secondary N) is 2. The van der Waals surface area contributed by atoms with E-state index in [1.54, 1.807) is 30.3 Å². The average molecular weight is 356 g/mol. The summed E-state index contributed by atoms with van der Waals surface area (Å²) in [5, 5.41) is -0.0849. The Hall–Kier alpha value is -2.29. The van der Waals surface area contributed by atoms with Gasteiger partial charge in [0.1, 0.15) is 0 Å². The van der Waals surface area contributed by atoms with Gasteiger partial charge in [0.05, 0.1) is 5.56 Å². The minimum atomic E-state index is -4.62. The second-order valence-electron chi connectivity index (χ2n) is 5.26. The maximum atomic E-state index is 13.6. The van der Waals surface area contributed by atoms with Crippen molar-refractivity contribution in [3.63, 3.8) is 0 Å². The van der Waals surface area contributed by atoms with Gasteiger partial charge in [-0.3, -0.25) is 11.2 Å². The number of alkyl halides is 3. The molecule has 9 heteroatoms. The minimum Gasteiger partial charge on any atom is -0.369 e. The first kappa shape index (κ1) is 16.6. The minimum absolute atomic E-state index is 0.0330. The van der Waals surface area contributed by atoms with Crippen LogP contribution in [0.3, 0.4) is 0 Å². The number of rotatable bonds is 2. The molecule has 5 nitrogen and oxygen atoms in total. The van der Waals surface area contributed by atoms with E-state index in [4.69, 9.17) is 23.1 Å². The standard InChI is InChI=1S/C15H13ClF3N5/c16-11-7-9(15(21)22-13(20)23-24-15)6-10(14(17,18)19)12(11)8-4-2-1-3-5-8/h1-7,24H,21H2,(H3,20,22,23). The van der Waals surface area contributed by atoms with Crippen molar-refractivity contribution in [2.24, 2.45) is 16.5 Å². The van der Waals surface area contributed by atoms with Crippen LogP contribution >= 0.6 is 11.6 Å². The Morgan fingerprint density at radius 2 is 1.79 bits per heavy atom. The fourth-order valence-electron chi connectivity index (χ4n) is 2.49. The zero-order valence-electron chi connectivity index (χ0n) is 12.2. The predicted octanol–water partition coefficient (Wildman–Crippen LogP) is 2.52. The van der Waals surface area contributed by atoms with E-state index < -0.39 is 17.5 Å². The van der Waals surface area contributed by atoms with Crippen LogP contribution in [0.2, 0.25) is 5.02 Å². The van der Waals surface area contributed by atoms with E-state index in [2.05, 4.69) is 15.8 Å². The van der Waals surface area contributed by atoms with Crippen LogP contribution in [-0.2, 0) is 12.0 Å². The molecule has 0 aromatic heterocycles. The number of hydrazine groups is 1. The molecule has 24 heavy (non-hydrogen) atoms. The van der Waals surface area contributed by atoms with Crippen LogP contribution < -0.4 is 22.3 Å². The van der Waals surface area contributed by atoms with Crippen LogP contribution in [0.4, 0.5) is 13.2 Å². The summed E-state index contributed by atoms with van der Waals surface area (Å²) in [6.07, 6.45) is -4.62. The smallest absolute Gasteiger partial charge is 0.369 e. The summed E-state index contributed by atoms with van der Waals surface area (Å²) in [5.41, 5.74) is 15.8. The van der Waals surface area contributed by atoms with Crippen LogP contribution in [-0.4, -0.2) is 5.96 Å². The van der Waals surface area contributed by atoms with E-state index in [1.807, 2.05) is 0 Å². The van der Waals surface area contributed by atoms with E-state index in [0.717, 1.165) is 6.07 Å². The third-order valence-electron chi connectivity index (χ3n) is 3.58. The maximum Gasteiger partial charge on any atom is 0.417 e. The third-order valence-corrected chi connectivity index (χ3v) is 3.87. The van der Waals surface area contributed by atoms with Crippen LogP contribution in [0, 0.1) is 0 Å². The molecule has 0 bridgehead atoms. The summed E-state index contributed by atoms with van der Waals surface area (Å²) in [7, 11) is 0. The van der Waals surface area contributed by atoms with Crippen molar-refractivity contribution in [1.29, 1.82) is 0 Å².